The minimum absolute atomic E-state index is 0. The number of nitrogens with zero attached hydrogens (tertiary/aromatic N) is 1. The van der Waals surface area contributed by atoms with Crippen LogP contribution >= 0.6 is 11.6 Å². The Morgan fingerprint density at radius 1 is 1.35 bits per heavy atom. The van der Waals surface area contributed by atoms with Gasteiger partial charge in [0.05, 0.1) is 7.11 Å². The van der Waals surface area contributed by atoms with Gasteiger partial charge in [0.25, 0.3) is 0 Å². The van der Waals surface area contributed by atoms with Crippen LogP contribution in [0.3, 0.4) is 0 Å². The Bertz CT molecular complexity index is 428. The number of methoxy groups -OCH3 is 1. The highest BCUT2D eigenvalue weighted by molar-refractivity contribution is 6.31. The van der Waals surface area contributed by atoms with Crippen molar-refractivity contribution in [2.45, 2.75) is 33.2 Å². The molecule has 0 spiro atoms. The van der Waals surface area contributed by atoms with E-state index in [9.17, 15) is 4.79 Å². The number of piperidine rings is 1. The zero-order valence-electron chi connectivity index (χ0n) is 11.3. The quantitative estimate of drug-likeness (QED) is 0.793. The summed E-state index contributed by atoms with van der Waals surface area (Å²) in [4.78, 5) is 13.6. The Balaban J connectivity index is 0.00000200. The number of carbonyl (C=O) groups excluding carboxylic acids is 1. The molecule has 1 aliphatic rings. The summed E-state index contributed by atoms with van der Waals surface area (Å²) < 4.78 is 4.72. The van der Waals surface area contributed by atoms with Gasteiger partial charge < -0.3 is 4.74 Å². The van der Waals surface area contributed by atoms with E-state index in [0.29, 0.717) is 12.3 Å². The van der Waals surface area contributed by atoms with Gasteiger partial charge in [-0.15, -0.1) is 0 Å². The molecule has 1 aliphatic heterocycles. The molecule has 0 unspecified atom stereocenters. The van der Waals surface area contributed by atoms with Crippen LogP contribution in [0.2, 0.25) is 5.02 Å². The summed E-state index contributed by atoms with van der Waals surface area (Å²) in [6, 6.07) is 7.98. The van der Waals surface area contributed by atoms with Crippen molar-refractivity contribution < 1.29 is 9.53 Å². The van der Waals surface area contributed by atoms with Gasteiger partial charge in [-0.2, -0.15) is 0 Å². The molecule has 4 heteroatoms. The molecule has 0 N–H and O–H groups in total. The van der Waals surface area contributed by atoms with E-state index in [1.54, 1.807) is 0 Å². The van der Waals surface area contributed by atoms with Crippen molar-refractivity contribution in [2.24, 2.45) is 5.92 Å². The summed E-state index contributed by atoms with van der Waals surface area (Å²) in [5.74, 6) is 0.375. The first-order valence-corrected chi connectivity index (χ1v) is 7.09. The van der Waals surface area contributed by atoms with Crippen molar-refractivity contribution in [3.05, 3.63) is 34.9 Å². The Morgan fingerprint density at radius 3 is 2.60 bits per heavy atom. The first kappa shape index (κ1) is 17.0. The van der Waals surface area contributed by atoms with Crippen molar-refractivity contribution in [3.8, 4) is 0 Å². The van der Waals surface area contributed by atoms with Crippen LogP contribution in [0.4, 0.5) is 0 Å². The van der Waals surface area contributed by atoms with Gasteiger partial charge in [-0.3, -0.25) is 9.69 Å². The molecule has 0 bridgehead atoms. The summed E-state index contributed by atoms with van der Waals surface area (Å²) in [6.07, 6.45) is 2.66. The predicted molar refractivity (Wildman–Crippen MR) is 82.8 cm³/mol. The standard InChI is InChI=1S/C15H20ClNO2.CH4/c1-19-15(18)10-12-6-8-17(9-7-12)11-13-4-2-3-5-14(13)16;/h2-5,12H,6-11H2,1H3;1H4. The lowest BCUT2D eigenvalue weighted by molar-refractivity contribution is -0.142. The van der Waals surface area contributed by atoms with Crippen LogP contribution in [0.1, 0.15) is 32.3 Å². The second kappa shape index (κ2) is 8.28. The molecule has 1 fully saturated rings. The minimum Gasteiger partial charge on any atom is -0.469 e. The summed E-state index contributed by atoms with van der Waals surface area (Å²) in [7, 11) is 1.45. The highest BCUT2D eigenvalue weighted by atomic mass is 35.5. The van der Waals surface area contributed by atoms with Crippen molar-refractivity contribution in [1.29, 1.82) is 0 Å². The third-order valence-corrected chi connectivity index (χ3v) is 4.11. The zero-order valence-corrected chi connectivity index (χ0v) is 12.0. The fraction of sp³-hybridized carbons (Fsp3) is 0.562. The SMILES string of the molecule is C.COC(=O)CC1CCN(Cc2ccccc2Cl)CC1. The summed E-state index contributed by atoms with van der Waals surface area (Å²) in [5.41, 5.74) is 1.18. The minimum atomic E-state index is -0.0930. The molecular formula is C16H24ClNO2. The van der Waals surface area contributed by atoms with Crippen LogP contribution in [0.15, 0.2) is 24.3 Å². The van der Waals surface area contributed by atoms with Crippen LogP contribution in [-0.4, -0.2) is 31.1 Å². The molecule has 2 rings (SSSR count). The number of ether oxygens (including phenoxy) is 1. The molecule has 1 aromatic rings. The molecule has 3 nitrogen and oxygen atoms in total. The predicted octanol–water partition coefficient (Wildman–Crippen LogP) is 3.75. The highest BCUT2D eigenvalue weighted by Crippen LogP contribution is 2.24. The lowest BCUT2D eigenvalue weighted by atomic mass is 9.93. The Kier molecular flexibility index (Phi) is 7.03. The van der Waals surface area contributed by atoms with Gasteiger partial charge in [-0.25, -0.2) is 0 Å². The van der Waals surface area contributed by atoms with Gasteiger partial charge in [0, 0.05) is 18.0 Å². The largest absolute Gasteiger partial charge is 0.469 e. The first-order valence-electron chi connectivity index (χ1n) is 6.71. The number of halogens is 1. The van der Waals surface area contributed by atoms with Gasteiger partial charge in [0.1, 0.15) is 0 Å². The van der Waals surface area contributed by atoms with Gasteiger partial charge in [0.2, 0.25) is 0 Å². The average Bonchev–Trinajstić information content (AvgIpc) is 2.43. The van der Waals surface area contributed by atoms with Crippen molar-refractivity contribution in [1.82, 2.24) is 4.90 Å². The first-order chi connectivity index (χ1) is 9.19. The molecule has 0 radical (unpaired) electrons. The number of hydrogen-bond acceptors (Lipinski definition) is 3. The number of carbonyl (C=O) groups is 1. The molecule has 20 heavy (non-hydrogen) atoms. The third-order valence-electron chi connectivity index (χ3n) is 3.74. The molecule has 0 aliphatic carbocycles. The molecular weight excluding hydrogens is 274 g/mol. The van der Waals surface area contributed by atoms with E-state index in [-0.39, 0.29) is 13.4 Å². The van der Waals surface area contributed by atoms with E-state index in [4.69, 9.17) is 16.3 Å². The molecule has 0 amide bonds. The van der Waals surface area contributed by atoms with Crippen LogP contribution in [-0.2, 0) is 16.1 Å². The molecule has 0 saturated carbocycles. The third kappa shape index (κ3) is 4.80. The van der Waals surface area contributed by atoms with Gasteiger partial charge >= 0.3 is 5.97 Å². The Hall–Kier alpha value is -1.06. The van der Waals surface area contributed by atoms with Crippen LogP contribution < -0.4 is 0 Å². The highest BCUT2D eigenvalue weighted by Gasteiger charge is 2.22. The maximum Gasteiger partial charge on any atom is 0.305 e. The van der Waals surface area contributed by atoms with E-state index in [1.165, 1.54) is 12.7 Å². The van der Waals surface area contributed by atoms with E-state index < -0.39 is 0 Å². The van der Waals surface area contributed by atoms with Gasteiger partial charge in [-0.1, -0.05) is 37.2 Å². The Labute approximate surface area is 126 Å². The normalized spacial score (nSPS) is 16.5. The van der Waals surface area contributed by atoms with E-state index in [2.05, 4.69) is 11.0 Å². The molecule has 0 atom stereocenters. The van der Waals surface area contributed by atoms with Gasteiger partial charge in [-0.05, 0) is 43.5 Å². The number of esters is 1. The number of rotatable bonds is 4. The van der Waals surface area contributed by atoms with Crippen molar-refractivity contribution in [3.63, 3.8) is 0 Å². The topological polar surface area (TPSA) is 29.5 Å². The maximum atomic E-state index is 11.2. The summed E-state index contributed by atoms with van der Waals surface area (Å²) in [6.45, 7) is 2.93. The summed E-state index contributed by atoms with van der Waals surface area (Å²) >= 11 is 6.17. The van der Waals surface area contributed by atoms with Crippen LogP contribution in [0.25, 0.3) is 0 Å². The van der Waals surface area contributed by atoms with E-state index >= 15 is 0 Å². The van der Waals surface area contributed by atoms with Crippen molar-refractivity contribution >= 4 is 17.6 Å². The molecule has 1 heterocycles. The zero-order chi connectivity index (χ0) is 13.7. The molecule has 1 saturated heterocycles. The average molecular weight is 298 g/mol. The van der Waals surface area contributed by atoms with E-state index in [1.807, 2.05) is 18.2 Å². The number of hydrogen-bond donors (Lipinski definition) is 0. The van der Waals surface area contributed by atoms with Crippen molar-refractivity contribution in [2.75, 3.05) is 20.2 Å². The van der Waals surface area contributed by atoms with Gasteiger partial charge in [0.15, 0.2) is 0 Å². The fourth-order valence-electron chi connectivity index (χ4n) is 2.54. The molecule has 112 valence electrons. The van der Waals surface area contributed by atoms with E-state index in [0.717, 1.165) is 37.5 Å². The second-order valence-corrected chi connectivity index (χ2v) is 5.50. The monoisotopic (exact) mass is 297 g/mol. The number of likely N-dealkylation sites (tertiary alicyclic amines) is 1. The fourth-order valence-corrected chi connectivity index (χ4v) is 2.73. The smallest absolute Gasteiger partial charge is 0.305 e. The van der Waals surface area contributed by atoms with Crippen LogP contribution in [0, 0.1) is 5.92 Å². The molecule has 0 aromatic heterocycles. The number of benzene rings is 1. The molecule has 1 aromatic carbocycles. The lowest BCUT2D eigenvalue weighted by Gasteiger charge is -2.31. The maximum absolute atomic E-state index is 11.2. The Morgan fingerprint density at radius 2 is 2.00 bits per heavy atom. The van der Waals surface area contributed by atoms with Crippen LogP contribution in [0.5, 0.6) is 0 Å². The second-order valence-electron chi connectivity index (χ2n) is 5.09. The lowest BCUT2D eigenvalue weighted by Crippen LogP contribution is -2.34. The summed E-state index contributed by atoms with van der Waals surface area (Å²) in [5, 5.41) is 0.833.